The van der Waals surface area contributed by atoms with Gasteiger partial charge in [0, 0.05) is 12.3 Å². The van der Waals surface area contributed by atoms with Crippen molar-refractivity contribution < 1.29 is 4.74 Å². The van der Waals surface area contributed by atoms with Crippen molar-refractivity contribution in [2.45, 2.75) is 25.9 Å². The zero-order chi connectivity index (χ0) is 9.26. The van der Waals surface area contributed by atoms with Crippen LogP contribution in [-0.4, -0.2) is 11.1 Å². The number of nitrogen functional groups attached to an aromatic ring is 1. The van der Waals surface area contributed by atoms with Crippen molar-refractivity contribution in [3.63, 3.8) is 0 Å². The number of nitrogens with two attached hydrogens (primary N) is 1. The van der Waals surface area contributed by atoms with Crippen molar-refractivity contribution in [2.75, 3.05) is 5.73 Å². The number of rotatable bonds is 3. The van der Waals surface area contributed by atoms with Crippen molar-refractivity contribution in [3.05, 3.63) is 18.5 Å². The highest BCUT2D eigenvalue weighted by molar-refractivity contribution is 5.49. The molecule has 1 saturated carbocycles. The molecule has 0 amide bonds. The summed E-state index contributed by atoms with van der Waals surface area (Å²) in [5, 5.41) is 0. The predicted octanol–water partition coefficient (Wildman–Crippen LogP) is 1.84. The molecular formula is C10H14N2O. The average Bonchev–Trinajstić information content (AvgIpc) is 2.91. The molecule has 3 nitrogen and oxygen atoms in total. The first-order valence-corrected chi connectivity index (χ1v) is 4.63. The van der Waals surface area contributed by atoms with Crippen LogP contribution < -0.4 is 10.5 Å². The Bertz CT molecular complexity index is 297. The molecule has 0 aliphatic heterocycles. The summed E-state index contributed by atoms with van der Waals surface area (Å²) in [5.41, 5.74) is 6.32. The molecule has 1 aliphatic rings. The van der Waals surface area contributed by atoms with Crippen LogP contribution in [-0.2, 0) is 0 Å². The van der Waals surface area contributed by atoms with Crippen LogP contribution in [0, 0.1) is 5.92 Å². The number of hydrogen-bond donors (Lipinski definition) is 1. The van der Waals surface area contributed by atoms with Gasteiger partial charge in [0.25, 0.3) is 0 Å². The largest absolute Gasteiger partial charge is 0.488 e. The molecule has 3 heteroatoms. The van der Waals surface area contributed by atoms with E-state index in [1.807, 2.05) is 6.07 Å². The molecular weight excluding hydrogens is 164 g/mol. The van der Waals surface area contributed by atoms with Crippen molar-refractivity contribution >= 4 is 5.69 Å². The number of hydrogen-bond acceptors (Lipinski definition) is 3. The van der Waals surface area contributed by atoms with Gasteiger partial charge in [0.05, 0.1) is 18.0 Å². The Morgan fingerprint density at radius 1 is 1.62 bits per heavy atom. The zero-order valence-corrected chi connectivity index (χ0v) is 7.73. The summed E-state index contributed by atoms with van der Waals surface area (Å²) >= 11 is 0. The quantitative estimate of drug-likeness (QED) is 0.768. The van der Waals surface area contributed by atoms with E-state index in [1.54, 1.807) is 12.4 Å². The van der Waals surface area contributed by atoms with E-state index >= 15 is 0 Å². The maximum atomic E-state index is 5.70. The van der Waals surface area contributed by atoms with Crippen LogP contribution in [0.15, 0.2) is 18.5 Å². The summed E-state index contributed by atoms with van der Waals surface area (Å²) in [4.78, 5) is 3.91. The van der Waals surface area contributed by atoms with Crippen molar-refractivity contribution in [2.24, 2.45) is 5.92 Å². The molecule has 1 aliphatic carbocycles. The lowest BCUT2D eigenvalue weighted by atomic mass is 10.2. The first kappa shape index (κ1) is 8.35. The molecule has 2 rings (SSSR count). The summed E-state index contributed by atoms with van der Waals surface area (Å²) < 4.78 is 5.70. The molecule has 1 aromatic rings. The van der Waals surface area contributed by atoms with E-state index in [4.69, 9.17) is 10.5 Å². The van der Waals surface area contributed by atoms with Crippen LogP contribution >= 0.6 is 0 Å². The monoisotopic (exact) mass is 178 g/mol. The number of nitrogens with zero attached hydrogens (tertiary/aromatic N) is 1. The molecule has 0 radical (unpaired) electrons. The van der Waals surface area contributed by atoms with E-state index in [-0.39, 0.29) is 6.10 Å². The maximum absolute atomic E-state index is 5.70. The van der Waals surface area contributed by atoms with Gasteiger partial charge in [0.15, 0.2) is 0 Å². The molecule has 70 valence electrons. The van der Waals surface area contributed by atoms with Gasteiger partial charge in [0.1, 0.15) is 5.75 Å². The standard InChI is InChI=1S/C10H14N2O/c1-7(8-2-3-8)13-10-4-5-12-6-9(10)11/h4-8H,2-3,11H2,1H3. The van der Waals surface area contributed by atoms with Crippen molar-refractivity contribution in [3.8, 4) is 5.75 Å². The minimum Gasteiger partial charge on any atom is -0.488 e. The second-order valence-corrected chi connectivity index (χ2v) is 3.57. The Hall–Kier alpha value is -1.25. The molecule has 0 bridgehead atoms. The van der Waals surface area contributed by atoms with E-state index in [2.05, 4.69) is 11.9 Å². The van der Waals surface area contributed by atoms with Gasteiger partial charge < -0.3 is 10.5 Å². The molecule has 1 fully saturated rings. The van der Waals surface area contributed by atoms with Crippen LogP contribution in [0.3, 0.4) is 0 Å². The smallest absolute Gasteiger partial charge is 0.145 e. The van der Waals surface area contributed by atoms with Gasteiger partial charge in [-0.3, -0.25) is 4.98 Å². The van der Waals surface area contributed by atoms with Gasteiger partial charge in [-0.1, -0.05) is 0 Å². The summed E-state index contributed by atoms with van der Waals surface area (Å²) in [5.74, 6) is 1.49. The highest BCUT2D eigenvalue weighted by Gasteiger charge is 2.29. The first-order valence-electron chi connectivity index (χ1n) is 4.63. The van der Waals surface area contributed by atoms with Crippen molar-refractivity contribution in [1.29, 1.82) is 0 Å². The first-order chi connectivity index (χ1) is 6.27. The highest BCUT2D eigenvalue weighted by Crippen LogP contribution is 2.35. The third-order valence-corrected chi connectivity index (χ3v) is 2.41. The fraction of sp³-hybridized carbons (Fsp3) is 0.500. The Morgan fingerprint density at radius 3 is 3.00 bits per heavy atom. The maximum Gasteiger partial charge on any atom is 0.145 e. The topological polar surface area (TPSA) is 48.1 Å². The van der Waals surface area contributed by atoms with E-state index in [9.17, 15) is 0 Å². The van der Waals surface area contributed by atoms with Crippen LogP contribution in [0.5, 0.6) is 5.75 Å². The van der Waals surface area contributed by atoms with Crippen molar-refractivity contribution in [1.82, 2.24) is 4.98 Å². The van der Waals surface area contributed by atoms with Gasteiger partial charge in [-0.15, -0.1) is 0 Å². The molecule has 2 N–H and O–H groups in total. The highest BCUT2D eigenvalue weighted by atomic mass is 16.5. The SMILES string of the molecule is CC(Oc1ccncc1N)C1CC1. The number of pyridine rings is 1. The van der Waals surface area contributed by atoms with Crippen LogP contribution in [0.25, 0.3) is 0 Å². The van der Waals surface area contributed by atoms with Gasteiger partial charge in [-0.2, -0.15) is 0 Å². The third kappa shape index (κ3) is 1.91. The predicted molar refractivity (Wildman–Crippen MR) is 51.5 cm³/mol. The molecule has 1 aromatic heterocycles. The minimum atomic E-state index is 0.282. The Balaban J connectivity index is 2.03. The lowest BCUT2D eigenvalue weighted by Crippen LogP contribution is -2.14. The molecule has 0 saturated heterocycles. The van der Waals surface area contributed by atoms with E-state index in [1.165, 1.54) is 12.8 Å². The third-order valence-electron chi connectivity index (χ3n) is 2.41. The van der Waals surface area contributed by atoms with Gasteiger partial charge >= 0.3 is 0 Å². The van der Waals surface area contributed by atoms with Gasteiger partial charge in [-0.25, -0.2) is 0 Å². The summed E-state index contributed by atoms with van der Waals surface area (Å²) in [6.45, 7) is 2.09. The fourth-order valence-electron chi connectivity index (χ4n) is 1.36. The van der Waals surface area contributed by atoms with E-state index < -0.39 is 0 Å². The van der Waals surface area contributed by atoms with E-state index in [0.29, 0.717) is 5.69 Å². The van der Waals surface area contributed by atoms with Gasteiger partial charge in [-0.05, 0) is 25.7 Å². The van der Waals surface area contributed by atoms with Gasteiger partial charge in [0.2, 0.25) is 0 Å². The number of aromatic nitrogens is 1. The number of ether oxygens (including phenoxy) is 1. The molecule has 1 heterocycles. The molecule has 1 unspecified atom stereocenters. The lowest BCUT2D eigenvalue weighted by Gasteiger charge is -2.14. The molecule has 0 spiro atoms. The molecule has 0 aromatic carbocycles. The number of anilines is 1. The van der Waals surface area contributed by atoms with E-state index in [0.717, 1.165) is 11.7 Å². The zero-order valence-electron chi connectivity index (χ0n) is 7.73. The summed E-state index contributed by atoms with van der Waals surface area (Å²) in [6.07, 6.45) is 6.17. The van der Waals surface area contributed by atoms with Crippen LogP contribution in [0.4, 0.5) is 5.69 Å². The molecule has 13 heavy (non-hydrogen) atoms. The lowest BCUT2D eigenvalue weighted by molar-refractivity contribution is 0.199. The second kappa shape index (κ2) is 3.24. The second-order valence-electron chi connectivity index (χ2n) is 3.57. The fourth-order valence-corrected chi connectivity index (χ4v) is 1.36. The van der Waals surface area contributed by atoms with Crippen LogP contribution in [0.2, 0.25) is 0 Å². The summed E-state index contributed by atoms with van der Waals surface area (Å²) in [7, 11) is 0. The Kier molecular flexibility index (Phi) is 2.08. The van der Waals surface area contributed by atoms with Crippen LogP contribution in [0.1, 0.15) is 19.8 Å². The Labute approximate surface area is 77.9 Å². The normalized spacial score (nSPS) is 18.2. The minimum absolute atomic E-state index is 0.282. The molecule has 1 atom stereocenters. The average molecular weight is 178 g/mol. The Morgan fingerprint density at radius 2 is 2.38 bits per heavy atom. The summed E-state index contributed by atoms with van der Waals surface area (Å²) in [6, 6.07) is 1.81.